The summed E-state index contributed by atoms with van der Waals surface area (Å²) in [5.41, 5.74) is 0.961. The first-order chi connectivity index (χ1) is 8.65. The van der Waals surface area contributed by atoms with E-state index in [1.54, 1.807) is 0 Å². The van der Waals surface area contributed by atoms with Gasteiger partial charge < -0.3 is 10.2 Å². The molecule has 1 atom stereocenters. The average molecular weight is 374 g/mol. The van der Waals surface area contributed by atoms with Crippen LogP contribution in [-0.4, -0.2) is 24.5 Å². The van der Waals surface area contributed by atoms with E-state index in [4.69, 9.17) is 0 Å². The van der Waals surface area contributed by atoms with E-state index in [2.05, 4.69) is 37.2 Å². The summed E-state index contributed by atoms with van der Waals surface area (Å²) in [6.45, 7) is 0.795. The van der Waals surface area contributed by atoms with Crippen molar-refractivity contribution in [1.29, 1.82) is 0 Å². The highest BCUT2D eigenvalue weighted by molar-refractivity contribution is 9.11. The first-order valence-electron chi connectivity index (χ1n) is 6.17. The SMILES string of the molecule is O=C1C(NC2CC2)CCN1c1ccc(Br)cc1Br. The summed E-state index contributed by atoms with van der Waals surface area (Å²) in [6.07, 6.45) is 3.33. The number of hydrogen-bond donors (Lipinski definition) is 1. The van der Waals surface area contributed by atoms with Crippen molar-refractivity contribution in [1.82, 2.24) is 5.32 Å². The van der Waals surface area contributed by atoms with Crippen LogP contribution >= 0.6 is 31.9 Å². The molecule has 2 fully saturated rings. The fourth-order valence-corrected chi connectivity index (χ4v) is 3.57. The van der Waals surface area contributed by atoms with Gasteiger partial charge in [0.15, 0.2) is 0 Å². The molecule has 1 N–H and O–H groups in total. The minimum atomic E-state index is 0.00745. The predicted octanol–water partition coefficient (Wildman–Crippen LogP) is 3.07. The van der Waals surface area contributed by atoms with Gasteiger partial charge in [0.05, 0.1) is 11.7 Å². The zero-order chi connectivity index (χ0) is 12.7. The standard InChI is InChI=1S/C13H14Br2N2O/c14-8-1-4-12(10(15)7-8)17-6-5-11(13(17)18)16-9-2-3-9/h1,4,7,9,11,16H,2-3,5-6H2. The summed E-state index contributed by atoms with van der Waals surface area (Å²) in [4.78, 5) is 14.2. The van der Waals surface area contributed by atoms with E-state index in [0.717, 1.165) is 27.6 Å². The average Bonchev–Trinajstić information content (AvgIpc) is 3.07. The van der Waals surface area contributed by atoms with Crippen LogP contribution in [0.1, 0.15) is 19.3 Å². The summed E-state index contributed by atoms with van der Waals surface area (Å²) in [6, 6.07) is 6.51. The smallest absolute Gasteiger partial charge is 0.244 e. The molecule has 0 aromatic heterocycles. The Labute approximate surface area is 123 Å². The lowest BCUT2D eigenvalue weighted by atomic mass is 10.2. The molecule has 96 valence electrons. The van der Waals surface area contributed by atoms with Crippen molar-refractivity contribution in [2.75, 3.05) is 11.4 Å². The molecule has 5 heteroatoms. The topological polar surface area (TPSA) is 32.3 Å². The Kier molecular flexibility index (Phi) is 3.47. The molecule has 0 bridgehead atoms. The van der Waals surface area contributed by atoms with Crippen LogP contribution in [0.5, 0.6) is 0 Å². The van der Waals surface area contributed by atoms with Crippen LogP contribution in [0, 0.1) is 0 Å². The zero-order valence-corrected chi connectivity index (χ0v) is 13.0. The van der Waals surface area contributed by atoms with Gasteiger partial charge in [-0.15, -0.1) is 0 Å². The molecule has 0 radical (unpaired) electrons. The Bertz CT molecular complexity index is 488. The molecule has 3 rings (SSSR count). The number of carbonyl (C=O) groups is 1. The number of benzene rings is 1. The van der Waals surface area contributed by atoms with Crippen molar-refractivity contribution in [3.63, 3.8) is 0 Å². The van der Waals surface area contributed by atoms with Gasteiger partial charge in [-0.2, -0.15) is 0 Å². The number of hydrogen-bond acceptors (Lipinski definition) is 2. The monoisotopic (exact) mass is 372 g/mol. The van der Waals surface area contributed by atoms with Crippen LogP contribution in [0.4, 0.5) is 5.69 Å². The molecule has 2 aliphatic rings. The van der Waals surface area contributed by atoms with Crippen molar-refractivity contribution in [3.05, 3.63) is 27.1 Å². The second-order valence-electron chi connectivity index (χ2n) is 4.87. The molecule has 18 heavy (non-hydrogen) atoms. The summed E-state index contributed by atoms with van der Waals surface area (Å²) in [5.74, 6) is 0.199. The summed E-state index contributed by atoms with van der Waals surface area (Å²) < 4.78 is 1.97. The van der Waals surface area contributed by atoms with Gasteiger partial charge in [0.2, 0.25) is 5.91 Å². The lowest BCUT2D eigenvalue weighted by Crippen LogP contribution is -2.39. The maximum Gasteiger partial charge on any atom is 0.244 e. The van der Waals surface area contributed by atoms with Crippen molar-refractivity contribution in [2.24, 2.45) is 0 Å². The third-order valence-corrected chi connectivity index (χ3v) is 4.55. The molecule has 1 heterocycles. The van der Waals surface area contributed by atoms with Crippen LogP contribution in [0.3, 0.4) is 0 Å². The highest BCUT2D eigenvalue weighted by atomic mass is 79.9. The second kappa shape index (κ2) is 4.94. The fraction of sp³-hybridized carbons (Fsp3) is 0.462. The second-order valence-corrected chi connectivity index (χ2v) is 6.64. The molecule has 1 aliphatic heterocycles. The predicted molar refractivity (Wildman–Crippen MR) is 78.8 cm³/mol. The van der Waals surface area contributed by atoms with E-state index in [0.29, 0.717) is 6.04 Å². The van der Waals surface area contributed by atoms with Gasteiger partial charge in [0, 0.05) is 21.5 Å². The summed E-state index contributed by atoms with van der Waals surface area (Å²) in [5, 5.41) is 3.42. The maximum absolute atomic E-state index is 12.3. The van der Waals surface area contributed by atoms with Gasteiger partial charge >= 0.3 is 0 Å². The summed E-state index contributed by atoms with van der Waals surface area (Å²) in [7, 11) is 0. The fourth-order valence-electron chi connectivity index (χ4n) is 2.31. The minimum Gasteiger partial charge on any atom is -0.310 e. The van der Waals surface area contributed by atoms with E-state index >= 15 is 0 Å². The third kappa shape index (κ3) is 2.49. The third-order valence-electron chi connectivity index (χ3n) is 3.42. The van der Waals surface area contributed by atoms with E-state index < -0.39 is 0 Å². The first-order valence-corrected chi connectivity index (χ1v) is 7.76. The molecule has 1 saturated heterocycles. The summed E-state index contributed by atoms with van der Waals surface area (Å²) >= 11 is 6.95. The maximum atomic E-state index is 12.3. The first kappa shape index (κ1) is 12.6. The number of nitrogens with one attached hydrogen (secondary N) is 1. The molecule has 3 nitrogen and oxygen atoms in total. The van der Waals surface area contributed by atoms with Crippen LogP contribution in [-0.2, 0) is 4.79 Å². The van der Waals surface area contributed by atoms with Gasteiger partial charge in [0.1, 0.15) is 0 Å². The number of anilines is 1. The Morgan fingerprint density at radius 3 is 2.67 bits per heavy atom. The van der Waals surface area contributed by atoms with E-state index in [1.165, 1.54) is 12.8 Å². The Morgan fingerprint density at radius 1 is 1.22 bits per heavy atom. The number of halogens is 2. The van der Waals surface area contributed by atoms with E-state index in [9.17, 15) is 4.79 Å². The zero-order valence-electron chi connectivity index (χ0n) is 9.83. The largest absolute Gasteiger partial charge is 0.310 e. The molecule has 1 amide bonds. The molecule has 1 aromatic rings. The van der Waals surface area contributed by atoms with Crippen LogP contribution in [0.25, 0.3) is 0 Å². The Morgan fingerprint density at radius 2 is 2.00 bits per heavy atom. The van der Waals surface area contributed by atoms with Gasteiger partial charge in [-0.3, -0.25) is 4.79 Å². The van der Waals surface area contributed by atoms with Crippen LogP contribution in [0.2, 0.25) is 0 Å². The van der Waals surface area contributed by atoms with Crippen molar-refractivity contribution < 1.29 is 4.79 Å². The lowest BCUT2D eigenvalue weighted by molar-refractivity contribution is -0.118. The van der Waals surface area contributed by atoms with Gasteiger partial charge in [0.25, 0.3) is 0 Å². The van der Waals surface area contributed by atoms with Gasteiger partial charge in [-0.1, -0.05) is 15.9 Å². The number of nitrogens with zero attached hydrogens (tertiary/aromatic N) is 1. The quantitative estimate of drug-likeness (QED) is 0.882. The molecule has 1 saturated carbocycles. The molecule has 1 aliphatic carbocycles. The minimum absolute atomic E-state index is 0.00745. The Hall–Kier alpha value is -0.390. The molecule has 1 unspecified atom stereocenters. The normalized spacial score (nSPS) is 23.8. The Balaban J connectivity index is 1.78. The van der Waals surface area contributed by atoms with Crippen molar-refractivity contribution >= 4 is 43.5 Å². The number of rotatable bonds is 3. The molecular weight excluding hydrogens is 360 g/mol. The van der Waals surface area contributed by atoms with Gasteiger partial charge in [-0.25, -0.2) is 0 Å². The van der Waals surface area contributed by atoms with Crippen molar-refractivity contribution in [3.8, 4) is 0 Å². The molecule has 1 aromatic carbocycles. The highest BCUT2D eigenvalue weighted by Crippen LogP contribution is 2.32. The van der Waals surface area contributed by atoms with Crippen LogP contribution in [0.15, 0.2) is 27.1 Å². The number of amides is 1. The molecule has 0 spiro atoms. The van der Waals surface area contributed by atoms with Crippen LogP contribution < -0.4 is 10.2 Å². The van der Waals surface area contributed by atoms with E-state index in [1.807, 2.05) is 23.1 Å². The van der Waals surface area contributed by atoms with E-state index in [-0.39, 0.29) is 11.9 Å². The molecular formula is C13H14Br2N2O. The van der Waals surface area contributed by atoms with Gasteiger partial charge in [-0.05, 0) is 53.4 Å². The lowest BCUT2D eigenvalue weighted by Gasteiger charge is -2.19. The highest BCUT2D eigenvalue weighted by Gasteiger charge is 2.36. The number of carbonyl (C=O) groups excluding carboxylic acids is 1. The van der Waals surface area contributed by atoms with Crippen molar-refractivity contribution in [2.45, 2.75) is 31.3 Å².